The summed E-state index contributed by atoms with van der Waals surface area (Å²) in [6.45, 7) is 0. The summed E-state index contributed by atoms with van der Waals surface area (Å²) in [5.74, 6) is -0.323. The Balaban J connectivity index is 1.83. The molecule has 0 bridgehead atoms. The van der Waals surface area contributed by atoms with Crippen molar-refractivity contribution in [3.63, 3.8) is 0 Å². The van der Waals surface area contributed by atoms with Crippen LogP contribution in [0.5, 0.6) is 0 Å². The molecule has 0 spiro atoms. The van der Waals surface area contributed by atoms with Crippen LogP contribution in [0.4, 0.5) is 0 Å². The molecule has 0 saturated heterocycles. The van der Waals surface area contributed by atoms with E-state index in [4.69, 9.17) is 0 Å². The summed E-state index contributed by atoms with van der Waals surface area (Å²) in [5.41, 5.74) is 1.99. The van der Waals surface area contributed by atoms with Gasteiger partial charge in [-0.3, -0.25) is 9.59 Å². The van der Waals surface area contributed by atoms with Gasteiger partial charge in [-0.25, -0.2) is 5.10 Å². The summed E-state index contributed by atoms with van der Waals surface area (Å²) in [5, 5.41) is 9.05. The first-order valence-electron chi connectivity index (χ1n) is 7.68. The average molecular weight is 319 g/mol. The van der Waals surface area contributed by atoms with Gasteiger partial charge in [-0.1, -0.05) is 60.7 Å². The Morgan fingerprint density at radius 1 is 0.958 bits per heavy atom. The molecule has 0 unspecified atom stereocenters. The molecule has 3 rings (SSSR count). The predicted octanol–water partition coefficient (Wildman–Crippen LogP) is 2.48. The summed E-state index contributed by atoms with van der Waals surface area (Å²) in [6, 6.07) is 22.3. The number of hydrogen-bond acceptors (Lipinski definition) is 3. The summed E-state index contributed by atoms with van der Waals surface area (Å²) >= 11 is 0. The van der Waals surface area contributed by atoms with Gasteiger partial charge >= 0.3 is 0 Å². The van der Waals surface area contributed by atoms with Crippen LogP contribution in [0.15, 0.2) is 77.6 Å². The number of benzene rings is 2. The van der Waals surface area contributed by atoms with Crippen LogP contribution in [0, 0.1) is 0 Å². The topological polar surface area (TPSA) is 74.8 Å². The Morgan fingerprint density at radius 2 is 1.62 bits per heavy atom. The highest BCUT2D eigenvalue weighted by molar-refractivity contribution is 5.92. The normalized spacial score (nSPS) is 11.7. The SMILES string of the molecule is O=C(N[C@@H](Cc1ccccc1)c1ccccc1)c1ccc(=O)[nH]n1. The molecule has 0 radical (unpaired) electrons. The van der Waals surface area contributed by atoms with Crippen molar-refractivity contribution in [3.8, 4) is 0 Å². The second kappa shape index (κ2) is 7.37. The highest BCUT2D eigenvalue weighted by Gasteiger charge is 2.17. The molecular weight excluding hydrogens is 302 g/mol. The van der Waals surface area contributed by atoms with Gasteiger partial charge in [0, 0.05) is 6.07 Å². The maximum atomic E-state index is 12.4. The zero-order valence-electron chi connectivity index (χ0n) is 13.0. The van der Waals surface area contributed by atoms with Crippen molar-refractivity contribution in [2.75, 3.05) is 0 Å². The number of carbonyl (C=O) groups is 1. The first-order valence-corrected chi connectivity index (χ1v) is 7.68. The van der Waals surface area contributed by atoms with Crippen molar-refractivity contribution in [2.45, 2.75) is 12.5 Å². The molecule has 2 aromatic carbocycles. The van der Waals surface area contributed by atoms with Gasteiger partial charge in [0.1, 0.15) is 5.69 Å². The standard InChI is InChI=1S/C19H17N3O2/c23-18-12-11-16(21-22-18)19(24)20-17(15-9-5-2-6-10-15)13-14-7-3-1-4-8-14/h1-12,17H,13H2,(H,20,24)(H,22,23)/t17-/m0/s1. The molecule has 5 heteroatoms. The minimum Gasteiger partial charge on any atom is -0.344 e. The van der Waals surface area contributed by atoms with Crippen LogP contribution in [0.1, 0.15) is 27.7 Å². The van der Waals surface area contributed by atoms with E-state index < -0.39 is 0 Å². The van der Waals surface area contributed by atoms with Crippen LogP contribution >= 0.6 is 0 Å². The van der Waals surface area contributed by atoms with Crippen molar-refractivity contribution in [1.29, 1.82) is 0 Å². The second-order valence-electron chi connectivity index (χ2n) is 5.43. The van der Waals surface area contributed by atoms with Gasteiger partial charge in [0.05, 0.1) is 6.04 Å². The fourth-order valence-corrected chi connectivity index (χ4v) is 2.49. The van der Waals surface area contributed by atoms with Gasteiger partial charge in [-0.2, -0.15) is 5.10 Å². The first-order chi connectivity index (χ1) is 11.7. The summed E-state index contributed by atoms with van der Waals surface area (Å²) < 4.78 is 0. The van der Waals surface area contributed by atoms with E-state index in [9.17, 15) is 9.59 Å². The van der Waals surface area contributed by atoms with Gasteiger partial charge in [0.2, 0.25) is 0 Å². The molecule has 3 aromatic rings. The molecule has 0 saturated carbocycles. The Hall–Kier alpha value is -3.21. The van der Waals surface area contributed by atoms with E-state index in [1.807, 2.05) is 60.7 Å². The molecule has 0 fully saturated rings. The molecule has 0 aliphatic heterocycles. The molecule has 1 amide bonds. The molecule has 0 aliphatic rings. The number of H-pyrrole nitrogens is 1. The number of aromatic amines is 1. The molecule has 1 heterocycles. The Labute approximate surface area is 139 Å². The Bertz CT molecular complexity index is 840. The number of amides is 1. The van der Waals surface area contributed by atoms with Crippen molar-refractivity contribution in [3.05, 3.63) is 100.0 Å². The van der Waals surface area contributed by atoms with Gasteiger partial charge in [0.15, 0.2) is 0 Å². The number of aromatic nitrogens is 2. The number of hydrogen-bond donors (Lipinski definition) is 2. The maximum absolute atomic E-state index is 12.4. The second-order valence-corrected chi connectivity index (χ2v) is 5.43. The number of rotatable bonds is 5. The fourth-order valence-electron chi connectivity index (χ4n) is 2.49. The molecule has 1 atom stereocenters. The van der Waals surface area contributed by atoms with E-state index in [0.29, 0.717) is 6.42 Å². The summed E-state index contributed by atoms with van der Waals surface area (Å²) in [4.78, 5) is 23.5. The largest absolute Gasteiger partial charge is 0.344 e. The van der Waals surface area contributed by atoms with Gasteiger partial charge in [-0.15, -0.1) is 0 Å². The van der Waals surface area contributed by atoms with Crippen molar-refractivity contribution in [1.82, 2.24) is 15.5 Å². The quantitative estimate of drug-likeness (QED) is 0.758. The average Bonchev–Trinajstić information content (AvgIpc) is 2.63. The predicted molar refractivity (Wildman–Crippen MR) is 91.7 cm³/mol. The van der Waals surface area contributed by atoms with Crippen LogP contribution in [-0.4, -0.2) is 16.1 Å². The lowest BCUT2D eigenvalue weighted by atomic mass is 9.98. The van der Waals surface area contributed by atoms with Crippen molar-refractivity contribution in [2.24, 2.45) is 0 Å². The van der Waals surface area contributed by atoms with Crippen molar-refractivity contribution >= 4 is 5.91 Å². The minimum atomic E-state index is -0.338. The van der Waals surface area contributed by atoms with E-state index >= 15 is 0 Å². The Morgan fingerprint density at radius 3 is 2.25 bits per heavy atom. The first kappa shape index (κ1) is 15.7. The highest BCUT2D eigenvalue weighted by Crippen LogP contribution is 2.18. The van der Waals surface area contributed by atoms with Crippen LogP contribution in [0.25, 0.3) is 0 Å². The fraction of sp³-hybridized carbons (Fsp3) is 0.105. The summed E-state index contributed by atoms with van der Waals surface area (Å²) in [7, 11) is 0. The Kier molecular flexibility index (Phi) is 4.81. The van der Waals surface area contributed by atoms with Crippen LogP contribution in [0.2, 0.25) is 0 Å². The minimum absolute atomic E-state index is 0.184. The van der Waals surface area contributed by atoms with Gasteiger partial charge < -0.3 is 5.32 Å². The molecule has 0 aliphatic carbocycles. The summed E-state index contributed by atoms with van der Waals surface area (Å²) in [6.07, 6.45) is 0.667. The van der Waals surface area contributed by atoms with E-state index in [0.717, 1.165) is 11.1 Å². The molecular formula is C19H17N3O2. The van der Waals surface area contributed by atoms with Gasteiger partial charge in [0.25, 0.3) is 11.5 Å². The zero-order chi connectivity index (χ0) is 16.8. The number of carbonyl (C=O) groups excluding carboxylic acids is 1. The van der Waals surface area contributed by atoms with E-state index in [-0.39, 0.29) is 23.2 Å². The lowest BCUT2D eigenvalue weighted by Crippen LogP contribution is -2.31. The number of nitrogens with one attached hydrogen (secondary N) is 2. The lowest BCUT2D eigenvalue weighted by molar-refractivity contribution is 0.0930. The molecule has 1 aromatic heterocycles. The molecule has 5 nitrogen and oxygen atoms in total. The van der Waals surface area contributed by atoms with Gasteiger partial charge in [-0.05, 0) is 23.6 Å². The monoisotopic (exact) mass is 319 g/mol. The zero-order valence-corrected chi connectivity index (χ0v) is 13.0. The molecule has 2 N–H and O–H groups in total. The third kappa shape index (κ3) is 3.95. The van der Waals surface area contributed by atoms with Crippen LogP contribution in [0.3, 0.4) is 0 Å². The van der Waals surface area contributed by atoms with E-state index in [1.54, 1.807) is 0 Å². The lowest BCUT2D eigenvalue weighted by Gasteiger charge is -2.19. The maximum Gasteiger partial charge on any atom is 0.272 e. The van der Waals surface area contributed by atoms with E-state index in [2.05, 4.69) is 15.5 Å². The highest BCUT2D eigenvalue weighted by atomic mass is 16.2. The smallest absolute Gasteiger partial charge is 0.272 e. The number of nitrogens with zero attached hydrogens (tertiary/aromatic N) is 1. The van der Waals surface area contributed by atoms with Crippen LogP contribution < -0.4 is 10.9 Å². The van der Waals surface area contributed by atoms with E-state index in [1.165, 1.54) is 12.1 Å². The van der Waals surface area contributed by atoms with Crippen molar-refractivity contribution < 1.29 is 4.79 Å². The molecule has 120 valence electrons. The third-order valence-corrected chi connectivity index (χ3v) is 3.70. The van der Waals surface area contributed by atoms with Crippen LogP contribution in [-0.2, 0) is 6.42 Å². The molecule has 24 heavy (non-hydrogen) atoms. The third-order valence-electron chi connectivity index (χ3n) is 3.70.